The summed E-state index contributed by atoms with van der Waals surface area (Å²) in [6.45, 7) is 0.528. The van der Waals surface area contributed by atoms with Crippen molar-refractivity contribution >= 4 is 12.1 Å². The van der Waals surface area contributed by atoms with Crippen LogP contribution in [0.3, 0.4) is 0 Å². The Labute approximate surface area is 123 Å². The molecule has 0 amide bonds. The van der Waals surface area contributed by atoms with Gasteiger partial charge in [0.05, 0.1) is 0 Å². The number of nitrogens with one attached hydrogen (secondary N) is 1. The molecule has 1 aliphatic rings. The minimum absolute atomic E-state index is 0.0153. The van der Waals surface area contributed by atoms with Crippen LogP contribution in [0.2, 0.25) is 0 Å². The van der Waals surface area contributed by atoms with Crippen LogP contribution in [-0.2, 0) is 17.8 Å². The second kappa shape index (κ2) is 6.04. The minimum atomic E-state index is -0.235. The number of carbonyl (C=O) groups is 1. The van der Waals surface area contributed by atoms with Crippen LogP contribution in [0.25, 0.3) is 0 Å². The zero-order valence-corrected chi connectivity index (χ0v) is 11.7. The van der Waals surface area contributed by atoms with Crippen LogP contribution < -0.4 is 5.32 Å². The second-order valence-corrected chi connectivity index (χ2v) is 5.35. The summed E-state index contributed by atoms with van der Waals surface area (Å²) in [6.07, 6.45) is 3.83. The predicted octanol–water partition coefficient (Wildman–Crippen LogP) is 3.45. The van der Waals surface area contributed by atoms with Gasteiger partial charge in [-0.2, -0.15) is 0 Å². The lowest BCUT2D eigenvalue weighted by molar-refractivity contribution is -0.109. The van der Waals surface area contributed by atoms with E-state index in [2.05, 4.69) is 10.3 Å². The number of hydrogen-bond donors (Lipinski definition) is 1. The molecule has 1 aliphatic carbocycles. The molecule has 0 fully saturated rings. The zero-order valence-electron chi connectivity index (χ0n) is 11.7. The fraction of sp³-hybridized carbons (Fsp3) is 0.294. The van der Waals surface area contributed by atoms with E-state index in [-0.39, 0.29) is 11.7 Å². The van der Waals surface area contributed by atoms with Gasteiger partial charge >= 0.3 is 0 Å². The number of anilines is 1. The molecule has 1 aromatic heterocycles. The van der Waals surface area contributed by atoms with Gasteiger partial charge in [-0.15, -0.1) is 0 Å². The Morgan fingerprint density at radius 3 is 3.05 bits per heavy atom. The Balaban J connectivity index is 1.73. The Morgan fingerprint density at radius 2 is 2.24 bits per heavy atom. The van der Waals surface area contributed by atoms with E-state index >= 15 is 0 Å². The maximum Gasteiger partial charge on any atom is 0.127 e. The topological polar surface area (TPSA) is 42.0 Å². The number of pyridine rings is 1. The van der Waals surface area contributed by atoms with Crippen LogP contribution in [0.4, 0.5) is 10.2 Å². The second-order valence-electron chi connectivity index (χ2n) is 5.35. The lowest BCUT2D eigenvalue weighted by Crippen LogP contribution is -2.13. The maximum atomic E-state index is 13.1. The summed E-state index contributed by atoms with van der Waals surface area (Å²) >= 11 is 0. The fourth-order valence-electron chi connectivity index (χ4n) is 2.77. The zero-order chi connectivity index (χ0) is 14.7. The van der Waals surface area contributed by atoms with Crippen molar-refractivity contribution in [2.45, 2.75) is 31.7 Å². The van der Waals surface area contributed by atoms with Crippen molar-refractivity contribution in [2.24, 2.45) is 0 Å². The van der Waals surface area contributed by atoms with Gasteiger partial charge in [-0.1, -0.05) is 18.2 Å². The summed E-state index contributed by atoms with van der Waals surface area (Å²) in [4.78, 5) is 15.7. The largest absolute Gasteiger partial charge is 0.366 e. The molecule has 108 valence electrons. The van der Waals surface area contributed by atoms with Gasteiger partial charge in [0.15, 0.2) is 0 Å². The lowest BCUT2D eigenvalue weighted by Gasteiger charge is -2.21. The average molecular weight is 284 g/mol. The minimum Gasteiger partial charge on any atom is -0.366 e. The van der Waals surface area contributed by atoms with E-state index in [0.717, 1.165) is 48.2 Å². The van der Waals surface area contributed by atoms with Gasteiger partial charge in [-0.3, -0.25) is 0 Å². The van der Waals surface area contributed by atoms with Crippen molar-refractivity contribution in [1.82, 2.24) is 4.98 Å². The van der Waals surface area contributed by atoms with Crippen molar-refractivity contribution in [3.8, 4) is 0 Å². The molecule has 0 radical (unpaired) electrons. The Morgan fingerprint density at radius 1 is 1.33 bits per heavy atom. The van der Waals surface area contributed by atoms with E-state index in [1.54, 1.807) is 6.07 Å². The quantitative estimate of drug-likeness (QED) is 0.874. The molecule has 0 saturated carbocycles. The predicted molar refractivity (Wildman–Crippen MR) is 79.7 cm³/mol. The molecule has 2 aromatic rings. The van der Waals surface area contributed by atoms with E-state index in [1.807, 2.05) is 18.2 Å². The van der Waals surface area contributed by atoms with Gasteiger partial charge < -0.3 is 10.1 Å². The molecule has 0 saturated heterocycles. The third kappa shape index (κ3) is 3.10. The van der Waals surface area contributed by atoms with E-state index in [9.17, 15) is 9.18 Å². The summed E-state index contributed by atoms with van der Waals surface area (Å²) in [7, 11) is 0. The number of aromatic nitrogens is 1. The highest BCUT2D eigenvalue weighted by Gasteiger charge is 2.20. The first-order chi connectivity index (χ1) is 10.3. The van der Waals surface area contributed by atoms with Gasteiger partial charge in [0.1, 0.15) is 17.9 Å². The summed E-state index contributed by atoms with van der Waals surface area (Å²) in [5.74, 6) is 0.518. The van der Waals surface area contributed by atoms with Crippen LogP contribution in [0.5, 0.6) is 0 Å². The summed E-state index contributed by atoms with van der Waals surface area (Å²) in [6, 6.07) is 10.4. The molecule has 3 rings (SSSR count). The number of aryl methyl sites for hydroxylation is 1. The summed E-state index contributed by atoms with van der Waals surface area (Å²) in [5.41, 5.74) is 2.93. The van der Waals surface area contributed by atoms with Gasteiger partial charge in [-0.25, -0.2) is 9.37 Å². The van der Waals surface area contributed by atoms with Gasteiger partial charge in [-0.05, 0) is 48.6 Å². The van der Waals surface area contributed by atoms with Crippen molar-refractivity contribution in [3.63, 3.8) is 0 Å². The average Bonchev–Trinajstić information content (AvgIpc) is 2.52. The first-order valence-electron chi connectivity index (χ1n) is 7.19. The molecule has 1 atom stereocenters. The first-order valence-corrected chi connectivity index (χ1v) is 7.19. The molecule has 0 bridgehead atoms. The number of halogens is 1. The molecule has 21 heavy (non-hydrogen) atoms. The molecule has 3 nitrogen and oxygen atoms in total. The standard InChI is InChI=1S/C17H17FN2O/c18-14-5-1-3-12(9-14)10-19-17-8-7-15-13(11-21)4-2-6-16(15)20-17/h1,3,5,7-9,11,13H,2,4,6,10H2,(H,19,20). The van der Waals surface area contributed by atoms with E-state index in [0.29, 0.717) is 6.54 Å². The van der Waals surface area contributed by atoms with Gasteiger partial charge in [0.2, 0.25) is 0 Å². The smallest absolute Gasteiger partial charge is 0.127 e. The van der Waals surface area contributed by atoms with Gasteiger partial charge in [0, 0.05) is 18.2 Å². The van der Waals surface area contributed by atoms with Gasteiger partial charge in [0.25, 0.3) is 0 Å². The maximum absolute atomic E-state index is 13.1. The SMILES string of the molecule is O=CC1CCCc2nc(NCc3cccc(F)c3)ccc21. The molecule has 1 heterocycles. The Bertz CT molecular complexity index is 657. The normalized spacial score (nSPS) is 17.1. The lowest BCUT2D eigenvalue weighted by atomic mass is 9.87. The van der Waals surface area contributed by atoms with Crippen molar-refractivity contribution in [3.05, 3.63) is 59.0 Å². The molecule has 1 aromatic carbocycles. The molecular formula is C17H17FN2O. The highest BCUT2D eigenvalue weighted by Crippen LogP contribution is 2.29. The third-order valence-corrected chi connectivity index (χ3v) is 3.86. The third-order valence-electron chi connectivity index (χ3n) is 3.86. The van der Waals surface area contributed by atoms with Crippen LogP contribution in [-0.4, -0.2) is 11.3 Å². The summed E-state index contributed by atoms with van der Waals surface area (Å²) in [5, 5.41) is 3.21. The molecule has 1 N–H and O–H groups in total. The van der Waals surface area contributed by atoms with Crippen LogP contribution in [0.15, 0.2) is 36.4 Å². The fourth-order valence-corrected chi connectivity index (χ4v) is 2.77. The Kier molecular flexibility index (Phi) is 3.95. The number of fused-ring (bicyclic) bond motifs is 1. The number of nitrogens with zero attached hydrogens (tertiary/aromatic N) is 1. The van der Waals surface area contributed by atoms with Crippen LogP contribution in [0.1, 0.15) is 35.6 Å². The van der Waals surface area contributed by atoms with Crippen LogP contribution in [0, 0.1) is 5.82 Å². The molecule has 4 heteroatoms. The highest BCUT2D eigenvalue weighted by molar-refractivity contribution is 5.64. The van der Waals surface area contributed by atoms with E-state index < -0.39 is 0 Å². The van der Waals surface area contributed by atoms with E-state index in [1.165, 1.54) is 12.1 Å². The molecular weight excluding hydrogens is 267 g/mol. The van der Waals surface area contributed by atoms with Crippen LogP contribution >= 0.6 is 0 Å². The molecule has 0 spiro atoms. The number of hydrogen-bond acceptors (Lipinski definition) is 3. The number of benzene rings is 1. The number of rotatable bonds is 4. The van der Waals surface area contributed by atoms with Crippen molar-refractivity contribution < 1.29 is 9.18 Å². The van der Waals surface area contributed by atoms with E-state index in [4.69, 9.17) is 0 Å². The number of carbonyl (C=O) groups excluding carboxylic acids is 1. The number of aldehydes is 1. The van der Waals surface area contributed by atoms with Crippen molar-refractivity contribution in [1.29, 1.82) is 0 Å². The van der Waals surface area contributed by atoms with Crippen molar-refractivity contribution in [2.75, 3.05) is 5.32 Å². The molecule has 0 aliphatic heterocycles. The Hall–Kier alpha value is -2.23. The first kappa shape index (κ1) is 13.7. The molecule has 1 unspecified atom stereocenters. The summed E-state index contributed by atoms with van der Waals surface area (Å²) < 4.78 is 13.1. The monoisotopic (exact) mass is 284 g/mol. The highest BCUT2D eigenvalue weighted by atomic mass is 19.1.